The molecule has 3 saturated heterocycles. The molecule has 2 aromatic rings. The minimum atomic E-state index is -0.132. The van der Waals surface area contributed by atoms with Crippen LogP contribution in [-0.2, 0) is 19.2 Å². The highest BCUT2D eigenvalue weighted by molar-refractivity contribution is 6.35. The van der Waals surface area contributed by atoms with Crippen molar-refractivity contribution in [2.24, 2.45) is 11.5 Å². The van der Waals surface area contributed by atoms with Crippen LogP contribution >= 0.6 is 11.6 Å². The Kier molecular flexibility index (Phi) is 16.3. The van der Waals surface area contributed by atoms with E-state index in [1.54, 1.807) is 27.8 Å². The molecular formula is C32H51ClN8O4. The lowest BCUT2D eigenvalue weighted by Gasteiger charge is -2.33. The number of nitrogens with zero attached hydrogens (tertiary/aromatic N) is 4. The molecule has 4 amide bonds. The summed E-state index contributed by atoms with van der Waals surface area (Å²) in [5.74, 6) is 0.450. The average molecular weight is 647 g/mol. The lowest BCUT2D eigenvalue weighted by Crippen LogP contribution is -2.48. The molecule has 5 rings (SSSR count). The summed E-state index contributed by atoms with van der Waals surface area (Å²) in [6.07, 6.45) is 8.49. The quantitative estimate of drug-likeness (QED) is 0.276. The molecule has 6 N–H and O–H groups in total. The molecule has 13 heteroatoms. The minimum Gasteiger partial charge on any atom is -0.385 e. The Balaban J connectivity index is 0.000000304. The van der Waals surface area contributed by atoms with E-state index in [0.717, 1.165) is 74.7 Å². The summed E-state index contributed by atoms with van der Waals surface area (Å²) in [6.45, 7) is 10.6. The summed E-state index contributed by atoms with van der Waals surface area (Å²) in [6, 6.07) is 5.64. The third-order valence-electron chi connectivity index (χ3n) is 7.87. The Bertz CT molecular complexity index is 1280. The van der Waals surface area contributed by atoms with Gasteiger partial charge in [0.05, 0.1) is 28.3 Å². The summed E-state index contributed by atoms with van der Waals surface area (Å²) >= 11 is 6.13. The van der Waals surface area contributed by atoms with Gasteiger partial charge in [0.1, 0.15) is 5.82 Å². The highest BCUT2D eigenvalue weighted by Crippen LogP contribution is 2.29. The predicted molar refractivity (Wildman–Crippen MR) is 180 cm³/mol. The van der Waals surface area contributed by atoms with Crippen molar-refractivity contribution in [2.45, 2.75) is 59.3 Å². The number of anilines is 1. The number of hydrogen-bond donors (Lipinski definition) is 4. The Hall–Kier alpha value is -3.77. The van der Waals surface area contributed by atoms with E-state index in [1.165, 1.54) is 7.05 Å². The van der Waals surface area contributed by atoms with Crippen LogP contribution in [0, 0.1) is 0 Å². The molecule has 0 spiro atoms. The Morgan fingerprint density at radius 3 is 2.24 bits per heavy atom. The van der Waals surface area contributed by atoms with Crippen LogP contribution in [0.2, 0.25) is 5.02 Å². The summed E-state index contributed by atoms with van der Waals surface area (Å²) < 4.78 is 0. The van der Waals surface area contributed by atoms with Crippen LogP contribution in [0.3, 0.4) is 0 Å². The number of hydrogen-bond acceptors (Lipinski definition) is 7. The van der Waals surface area contributed by atoms with Crippen molar-refractivity contribution in [1.82, 2.24) is 24.6 Å². The van der Waals surface area contributed by atoms with Crippen molar-refractivity contribution in [3.05, 3.63) is 40.8 Å². The van der Waals surface area contributed by atoms with Crippen LogP contribution in [-0.4, -0.2) is 108 Å². The minimum absolute atomic E-state index is 0.132. The summed E-state index contributed by atoms with van der Waals surface area (Å²) in [7, 11) is 1.50. The van der Waals surface area contributed by atoms with Crippen molar-refractivity contribution in [2.75, 3.05) is 64.7 Å². The van der Waals surface area contributed by atoms with Gasteiger partial charge in [0, 0.05) is 63.8 Å². The first-order valence-corrected chi connectivity index (χ1v) is 16.3. The number of likely N-dealkylation sites (tertiary alicyclic amines) is 2. The molecule has 0 saturated carbocycles. The molecule has 3 aliphatic rings. The number of carbonyl (C=O) groups is 4. The molecule has 250 valence electrons. The molecule has 1 aromatic carbocycles. The maximum Gasteiger partial charge on any atom is 0.253 e. The average Bonchev–Trinajstić information content (AvgIpc) is 3.72. The maximum absolute atomic E-state index is 12.6. The van der Waals surface area contributed by atoms with Gasteiger partial charge in [-0.25, -0.2) is 0 Å². The molecular weight excluding hydrogens is 596 g/mol. The maximum atomic E-state index is 12.6. The van der Waals surface area contributed by atoms with Crippen molar-refractivity contribution in [1.29, 1.82) is 0 Å². The fourth-order valence-corrected chi connectivity index (χ4v) is 5.49. The third kappa shape index (κ3) is 10.7. The Morgan fingerprint density at radius 1 is 0.956 bits per heavy atom. The van der Waals surface area contributed by atoms with E-state index >= 15 is 0 Å². The van der Waals surface area contributed by atoms with E-state index in [2.05, 4.69) is 16.0 Å². The van der Waals surface area contributed by atoms with E-state index < -0.39 is 0 Å². The van der Waals surface area contributed by atoms with E-state index in [9.17, 15) is 19.2 Å². The number of halogens is 1. The number of H-pyrrole nitrogens is 1. The van der Waals surface area contributed by atoms with E-state index in [0.29, 0.717) is 55.6 Å². The van der Waals surface area contributed by atoms with Gasteiger partial charge in [0.2, 0.25) is 18.2 Å². The molecule has 0 atom stereocenters. The third-order valence-corrected chi connectivity index (χ3v) is 8.18. The number of nitrogens with one attached hydrogen (secondary N) is 2. The van der Waals surface area contributed by atoms with Crippen molar-refractivity contribution in [3.63, 3.8) is 0 Å². The molecule has 45 heavy (non-hydrogen) atoms. The largest absolute Gasteiger partial charge is 0.385 e. The molecule has 4 heterocycles. The molecule has 0 radical (unpaired) electrons. The number of benzene rings is 1. The van der Waals surface area contributed by atoms with Gasteiger partial charge >= 0.3 is 0 Å². The number of aromatic nitrogens is 1. The first-order chi connectivity index (χ1) is 21.8. The van der Waals surface area contributed by atoms with Gasteiger partial charge in [-0.2, -0.15) is 0 Å². The van der Waals surface area contributed by atoms with Gasteiger partial charge in [0.15, 0.2) is 0 Å². The lowest BCUT2D eigenvalue weighted by molar-refractivity contribution is -0.139. The van der Waals surface area contributed by atoms with Gasteiger partial charge < -0.3 is 41.4 Å². The van der Waals surface area contributed by atoms with Crippen LogP contribution < -0.4 is 16.8 Å². The topological polar surface area (TPSA) is 161 Å². The van der Waals surface area contributed by atoms with Crippen LogP contribution in [0.1, 0.15) is 59.3 Å². The van der Waals surface area contributed by atoms with Crippen molar-refractivity contribution in [3.8, 4) is 0 Å². The number of rotatable bonds is 6. The number of nitrogens with two attached hydrogens (primary N) is 2. The second kappa shape index (κ2) is 19.6. The summed E-state index contributed by atoms with van der Waals surface area (Å²) in [5, 5.41) is 4.60. The zero-order chi connectivity index (χ0) is 33.4. The number of carbonyl (C=O) groups excluding carboxylic acids is 4. The van der Waals surface area contributed by atoms with Crippen LogP contribution in [0.25, 0.3) is 10.9 Å². The van der Waals surface area contributed by atoms with E-state index in [4.69, 9.17) is 17.3 Å². The van der Waals surface area contributed by atoms with Gasteiger partial charge in [-0.1, -0.05) is 44.0 Å². The first-order valence-electron chi connectivity index (χ1n) is 15.9. The normalized spacial score (nSPS) is 17.1. The van der Waals surface area contributed by atoms with Crippen molar-refractivity contribution < 1.29 is 19.2 Å². The summed E-state index contributed by atoms with van der Waals surface area (Å²) in [5.41, 5.74) is 12.6. The van der Waals surface area contributed by atoms with Crippen LogP contribution in [0.4, 0.5) is 5.69 Å². The molecule has 3 fully saturated rings. The second-order valence-corrected chi connectivity index (χ2v) is 11.1. The standard InChI is InChI=1S/C17H20ClN5O2.C12H20N2O2.C2H6.CH5N/c1-11(17(25)23-7-5-22(10-24)6-8-23)16(19)21-14-4-2-3-12-13(18)9-20-15(12)14;15-11-6-2-1-3-9-14(11)10-12(16)13-7-4-5-8-13;2*1-2/h2-4,9-10,20-21H,5-8,19H2,1H3;1-10H2;1-2H3;2H2,1H3/b16-11+;;;. The molecule has 0 bridgehead atoms. The molecule has 3 aliphatic heterocycles. The first kappa shape index (κ1) is 37.4. The molecule has 0 aliphatic carbocycles. The highest BCUT2D eigenvalue weighted by atomic mass is 35.5. The number of amides is 4. The zero-order valence-corrected chi connectivity index (χ0v) is 28.0. The molecule has 1 aromatic heterocycles. The zero-order valence-electron chi connectivity index (χ0n) is 27.2. The van der Waals surface area contributed by atoms with E-state index in [-0.39, 0.29) is 17.7 Å². The molecule has 12 nitrogen and oxygen atoms in total. The van der Waals surface area contributed by atoms with Crippen LogP contribution in [0.15, 0.2) is 35.8 Å². The highest BCUT2D eigenvalue weighted by Gasteiger charge is 2.24. The Morgan fingerprint density at radius 2 is 1.60 bits per heavy atom. The monoisotopic (exact) mass is 646 g/mol. The second-order valence-electron chi connectivity index (χ2n) is 10.7. The SMILES string of the molecule is C/C(C(=O)N1CCN(C=O)CC1)=C(/N)Nc1cccc2c(Cl)c[nH]c12.CC.CN.O=C(CN1CCCCCC1=O)N1CCCC1. The fourth-order valence-electron chi connectivity index (χ4n) is 5.28. The predicted octanol–water partition coefficient (Wildman–Crippen LogP) is 3.34. The lowest BCUT2D eigenvalue weighted by atomic mass is 10.2. The number of aromatic amines is 1. The number of fused-ring (bicyclic) bond motifs is 1. The van der Waals surface area contributed by atoms with Crippen LogP contribution in [0.5, 0.6) is 0 Å². The van der Waals surface area contributed by atoms with Crippen molar-refractivity contribution >= 4 is 52.3 Å². The van der Waals surface area contributed by atoms with Gasteiger partial charge in [-0.15, -0.1) is 0 Å². The summed E-state index contributed by atoms with van der Waals surface area (Å²) in [4.78, 5) is 57.1. The van der Waals surface area contributed by atoms with E-state index in [1.807, 2.05) is 36.9 Å². The van der Waals surface area contributed by atoms with Gasteiger partial charge in [0.25, 0.3) is 5.91 Å². The smallest absolute Gasteiger partial charge is 0.253 e. The van der Waals surface area contributed by atoms with Gasteiger partial charge in [-0.05, 0) is 45.7 Å². The Labute approximate surface area is 272 Å². The molecule has 0 unspecified atom stereocenters. The number of para-hydroxylation sites is 1. The fraction of sp³-hybridized carbons (Fsp3) is 0.562. The van der Waals surface area contributed by atoms with Gasteiger partial charge in [-0.3, -0.25) is 19.2 Å². The number of piperazine rings is 1.